The van der Waals surface area contributed by atoms with E-state index in [2.05, 4.69) is 0 Å². The Bertz CT molecular complexity index is 935. The van der Waals surface area contributed by atoms with Crippen LogP contribution in [0.3, 0.4) is 0 Å². The van der Waals surface area contributed by atoms with Gasteiger partial charge in [-0.1, -0.05) is 47.5 Å². The summed E-state index contributed by atoms with van der Waals surface area (Å²) in [5, 5.41) is 9.80. The van der Waals surface area contributed by atoms with Crippen molar-refractivity contribution in [3.63, 3.8) is 0 Å². The van der Waals surface area contributed by atoms with E-state index in [4.69, 9.17) is 11.6 Å². The van der Waals surface area contributed by atoms with Gasteiger partial charge in [0, 0.05) is 18.6 Å². The summed E-state index contributed by atoms with van der Waals surface area (Å²) < 4.78 is 0. The van der Waals surface area contributed by atoms with Crippen molar-refractivity contribution in [1.29, 1.82) is 0 Å². The van der Waals surface area contributed by atoms with E-state index in [0.717, 1.165) is 5.56 Å². The number of carbonyl (C=O) groups excluding carboxylic acids is 2. The van der Waals surface area contributed by atoms with Crippen LogP contribution in [0, 0.1) is 13.8 Å². The van der Waals surface area contributed by atoms with Gasteiger partial charge in [-0.25, -0.2) is 4.90 Å². The molecule has 5 nitrogen and oxygen atoms in total. The standard InChI is InChI=1S/C21H21ClN2O3/c1-13-7-9-15(10-8-13)18-19(23(3)11-12-25)21(27)24(20(18)26)17-6-4-5-16(22)14(17)2/h4-10,25H,11-12H2,1-3H3. The molecule has 0 aliphatic carbocycles. The molecule has 0 saturated heterocycles. The lowest BCUT2D eigenvalue weighted by Gasteiger charge is -2.21. The summed E-state index contributed by atoms with van der Waals surface area (Å²) in [5.74, 6) is -0.814. The van der Waals surface area contributed by atoms with Gasteiger partial charge in [-0.2, -0.15) is 0 Å². The number of imide groups is 1. The van der Waals surface area contributed by atoms with Gasteiger partial charge >= 0.3 is 0 Å². The van der Waals surface area contributed by atoms with E-state index in [9.17, 15) is 14.7 Å². The Hall–Kier alpha value is -2.63. The first-order valence-electron chi connectivity index (χ1n) is 8.64. The van der Waals surface area contributed by atoms with Crippen molar-refractivity contribution in [2.75, 3.05) is 25.1 Å². The lowest BCUT2D eigenvalue weighted by Crippen LogP contribution is -2.35. The molecule has 0 aromatic heterocycles. The molecular weight excluding hydrogens is 364 g/mol. The van der Waals surface area contributed by atoms with Crippen molar-refractivity contribution in [2.45, 2.75) is 13.8 Å². The van der Waals surface area contributed by atoms with E-state index < -0.39 is 11.8 Å². The summed E-state index contributed by atoms with van der Waals surface area (Å²) in [5.41, 5.74) is 3.46. The maximum atomic E-state index is 13.3. The highest BCUT2D eigenvalue weighted by Crippen LogP contribution is 2.37. The fourth-order valence-corrected chi connectivity index (χ4v) is 3.34. The number of benzene rings is 2. The highest BCUT2D eigenvalue weighted by Gasteiger charge is 2.42. The molecular formula is C21H21ClN2O3. The minimum absolute atomic E-state index is 0.126. The average molecular weight is 385 g/mol. The molecule has 27 heavy (non-hydrogen) atoms. The summed E-state index contributed by atoms with van der Waals surface area (Å²) in [4.78, 5) is 29.3. The first-order chi connectivity index (χ1) is 12.9. The molecule has 1 aliphatic heterocycles. The van der Waals surface area contributed by atoms with Gasteiger partial charge in [-0.15, -0.1) is 0 Å². The third kappa shape index (κ3) is 3.36. The monoisotopic (exact) mass is 384 g/mol. The van der Waals surface area contributed by atoms with Crippen molar-refractivity contribution in [3.8, 4) is 0 Å². The fraction of sp³-hybridized carbons (Fsp3) is 0.238. The second kappa shape index (κ2) is 7.55. The molecule has 1 aliphatic rings. The average Bonchev–Trinajstić information content (AvgIpc) is 2.89. The number of hydrogen-bond acceptors (Lipinski definition) is 4. The summed E-state index contributed by atoms with van der Waals surface area (Å²) in [6, 6.07) is 12.6. The van der Waals surface area contributed by atoms with Crippen LogP contribution in [0.15, 0.2) is 48.2 Å². The predicted molar refractivity (Wildman–Crippen MR) is 106 cm³/mol. The number of hydrogen-bond donors (Lipinski definition) is 1. The topological polar surface area (TPSA) is 60.9 Å². The molecule has 2 aromatic carbocycles. The maximum Gasteiger partial charge on any atom is 0.282 e. The number of aliphatic hydroxyl groups excluding tert-OH is 1. The molecule has 0 atom stereocenters. The molecule has 0 spiro atoms. The maximum absolute atomic E-state index is 13.3. The molecule has 2 amide bonds. The van der Waals surface area contributed by atoms with Gasteiger partial charge < -0.3 is 10.0 Å². The lowest BCUT2D eigenvalue weighted by atomic mass is 10.0. The number of carbonyl (C=O) groups is 2. The second-order valence-corrected chi connectivity index (χ2v) is 6.97. The number of aliphatic hydroxyl groups is 1. The van der Waals surface area contributed by atoms with Gasteiger partial charge in [0.15, 0.2) is 0 Å². The Balaban J connectivity index is 2.16. The largest absolute Gasteiger partial charge is 0.395 e. The van der Waals surface area contributed by atoms with Crippen LogP contribution in [-0.2, 0) is 9.59 Å². The Labute approximate surface area is 163 Å². The number of nitrogens with zero attached hydrogens (tertiary/aromatic N) is 2. The number of amides is 2. The van der Waals surface area contributed by atoms with Crippen LogP contribution in [-0.4, -0.2) is 42.0 Å². The SMILES string of the molecule is Cc1ccc(C2=C(N(C)CCO)C(=O)N(c3cccc(Cl)c3C)C2=O)cc1. The van der Waals surface area contributed by atoms with Crippen LogP contribution in [0.4, 0.5) is 5.69 Å². The summed E-state index contributed by atoms with van der Waals surface area (Å²) >= 11 is 6.20. The minimum Gasteiger partial charge on any atom is -0.395 e. The lowest BCUT2D eigenvalue weighted by molar-refractivity contribution is -0.120. The predicted octanol–water partition coefficient (Wildman–Crippen LogP) is 3.17. The smallest absolute Gasteiger partial charge is 0.282 e. The molecule has 3 rings (SSSR count). The van der Waals surface area contributed by atoms with Crippen LogP contribution in [0.25, 0.3) is 5.57 Å². The second-order valence-electron chi connectivity index (χ2n) is 6.56. The van der Waals surface area contributed by atoms with Gasteiger partial charge in [0.05, 0.1) is 17.9 Å². The Morgan fingerprint density at radius 1 is 1.04 bits per heavy atom. The van der Waals surface area contributed by atoms with E-state index in [0.29, 0.717) is 27.4 Å². The number of anilines is 1. The molecule has 1 N–H and O–H groups in total. The number of likely N-dealkylation sites (N-methyl/N-ethyl adjacent to an activating group) is 1. The molecule has 0 bridgehead atoms. The van der Waals surface area contributed by atoms with Gasteiger partial charge in [0.25, 0.3) is 11.8 Å². The number of halogens is 1. The first-order valence-corrected chi connectivity index (χ1v) is 9.01. The van der Waals surface area contributed by atoms with Crippen LogP contribution in [0.5, 0.6) is 0 Å². The highest BCUT2D eigenvalue weighted by molar-refractivity contribution is 6.45. The molecule has 1 heterocycles. The van der Waals surface area contributed by atoms with Crippen LogP contribution in [0.1, 0.15) is 16.7 Å². The molecule has 2 aromatic rings. The van der Waals surface area contributed by atoms with Crippen molar-refractivity contribution in [3.05, 3.63) is 69.9 Å². The summed E-state index contributed by atoms with van der Waals surface area (Å²) in [6.07, 6.45) is 0. The summed E-state index contributed by atoms with van der Waals surface area (Å²) in [6.45, 7) is 3.85. The molecule has 140 valence electrons. The normalized spacial score (nSPS) is 14.3. The van der Waals surface area contributed by atoms with Gasteiger partial charge in [-0.05, 0) is 37.1 Å². The van der Waals surface area contributed by atoms with E-state index >= 15 is 0 Å². The van der Waals surface area contributed by atoms with Crippen molar-refractivity contribution < 1.29 is 14.7 Å². The van der Waals surface area contributed by atoms with E-state index in [1.54, 1.807) is 37.1 Å². The van der Waals surface area contributed by atoms with E-state index in [1.807, 2.05) is 31.2 Å². The Kier molecular flexibility index (Phi) is 5.35. The van der Waals surface area contributed by atoms with Gasteiger partial charge in [-0.3, -0.25) is 9.59 Å². The first kappa shape index (κ1) is 19.1. The third-order valence-electron chi connectivity index (χ3n) is 4.70. The molecule has 0 radical (unpaired) electrons. The Morgan fingerprint density at radius 2 is 1.70 bits per heavy atom. The van der Waals surface area contributed by atoms with E-state index in [-0.39, 0.29) is 18.8 Å². The third-order valence-corrected chi connectivity index (χ3v) is 5.11. The van der Waals surface area contributed by atoms with Crippen molar-refractivity contribution in [2.24, 2.45) is 0 Å². The highest BCUT2D eigenvalue weighted by atomic mass is 35.5. The number of rotatable bonds is 5. The van der Waals surface area contributed by atoms with Crippen molar-refractivity contribution in [1.82, 2.24) is 4.90 Å². The molecule has 0 fully saturated rings. The van der Waals surface area contributed by atoms with Crippen molar-refractivity contribution >= 4 is 34.7 Å². The minimum atomic E-state index is -0.420. The van der Waals surface area contributed by atoms with Crippen LogP contribution < -0.4 is 4.90 Å². The molecule has 0 saturated carbocycles. The van der Waals surface area contributed by atoms with Crippen LogP contribution >= 0.6 is 11.6 Å². The molecule has 0 unspecified atom stereocenters. The fourth-order valence-electron chi connectivity index (χ4n) is 3.17. The van der Waals surface area contributed by atoms with Gasteiger partial charge in [0.2, 0.25) is 0 Å². The quantitative estimate of drug-likeness (QED) is 0.804. The van der Waals surface area contributed by atoms with E-state index in [1.165, 1.54) is 4.90 Å². The zero-order valence-electron chi connectivity index (χ0n) is 15.5. The molecule has 6 heteroatoms. The number of aryl methyl sites for hydroxylation is 1. The van der Waals surface area contributed by atoms with Crippen LogP contribution in [0.2, 0.25) is 5.02 Å². The zero-order valence-corrected chi connectivity index (χ0v) is 16.2. The Morgan fingerprint density at radius 3 is 2.33 bits per heavy atom. The summed E-state index contributed by atoms with van der Waals surface area (Å²) in [7, 11) is 1.69. The zero-order chi connectivity index (χ0) is 19.7. The van der Waals surface area contributed by atoms with Gasteiger partial charge in [0.1, 0.15) is 5.70 Å².